The van der Waals surface area contributed by atoms with E-state index < -0.39 is 7.05 Å². The van der Waals surface area contributed by atoms with Gasteiger partial charge in [0.2, 0.25) is 0 Å². The van der Waals surface area contributed by atoms with Crippen LogP contribution in [0, 0.1) is 6.92 Å². The highest BCUT2D eigenvalue weighted by atomic mass is 31.2. The number of imidazole rings is 1. The topological polar surface area (TPSA) is 43.1 Å². The Morgan fingerprint density at radius 1 is 0.629 bits per heavy atom. The predicted molar refractivity (Wildman–Crippen MR) is 148 cm³/mol. The molecular weight excluding hydrogens is 447 g/mol. The van der Waals surface area contributed by atoms with Gasteiger partial charge < -0.3 is 4.57 Å². The van der Waals surface area contributed by atoms with E-state index in [1.165, 1.54) is 15.9 Å². The zero-order valence-electron chi connectivity index (χ0n) is 19.7. The molecule has 0 bridgehead atoms. The van der Waals surface area contributed by atoms with Crippen LogP contribution < -0.4 is 15.9 Å². The van der Waals surface area contributed by atoms with E-state index in [-0.39, 0.29) is 0 Å². The van der Waals surface area contributed by atoms with E-state index in [1.54, 1.807) is 0 Å². The normalized spacial score (nSPS) is 11.7. The summed E-state index contributed by atoms with van der Waals surface area (Å²) in [6, 6.07) is 40.2. The van der Waals surface area contributed by atoms with Gasteiger partial charge in [-0.1, -0.05) is 109 Å². The minimum atomic E-state index is -2.45. The molecule has 6 aromatic rings. The first-order chi connectivity index (χ1) is 17.2. The Kier molecular flexibility index (Phi) is 5.32. The van der Waals surface area contributed by atoms with E-state index in [1.807, 2.05) is 13.0 Å². The summed E-state index contributed by atoms with van der Waals surface area (Å²) >= 11 is 0. The molecule has 0 atom stereocenters. The number of rotatable bonds is 4. The van der Waals surface area contributed by atoms with Gasteiger partial charge in [0.1, 0.15) is 11.3 Å². The van der Waals surface area contributed by atoms with Crippen LogP contribution in [0.4, 0.5) is 5.82 Å². The second-order valence-electron chi connectivity index (χ2n) is 8.61. The Labute approximate surface area is 205 Å². The lowest BCUT2D eigenvalue weighted by atomic mass is 10.2. The number of para-hydroxylation sites is 1. The Morgan fingerprint density at radius 2 is 1.11 bits per heavy atom. The molecule has 4 aromatic carbocycles. The molecule has 0 N–H and O–H groups in total. The number of hydrogen-bond donors (Lipinski definition) is 0. The number of hydrogen-bond acceptors (Lipinski definition) is 3. The van der Waals surface area contributed by atoms with E-state index in [0.717, 1.165) is 27.8 Å². The van der Waals surface area contributed by atoms with Gasteiger partial charge in [0.05, 0.1) is 18.1 Å². The fourth-order valence-electron chi connectivity index (χ4n) is 4.78. The summed E-state index contributed by atoms with van der Waals surface area (Å²) in [4.78, 5) is 10.1. The smallest absolute Gasteiger partial charge is 0.180 e. The molecule has 0 aliphatic carbocycles. The minimum absolute atomic E-state index is 0.687. The van der Waals surface area contributed by atoms with E-state index in [0.29, 0.717) is 5.82 Å². The molecule has 4 nitrogen and oxygen atoms in total. The van der Waals surface area contributed by atoms with Crippen molar-refractivity contribution in [2.45, 2.75) is 6.92 Å². The average molecular weight is 473 g/mol. The van der Waals surface area contributed by atoms with Crippen LogP contribution in [0.1, 0.15) is 5.82 Å². The average Bonchev–Trinajstić information content (AvgIpc) is 3.23. The number of aryl methyl sites for hydroxylation is 2. The van der Waals surface area contributed by atoms with Gasteiger partial charge in [0.25, 0.3) is 0 Å². The fraction of sp³-hybridized carbons (Fsp3) is 0.0667. The maximum atomic E-state index is 5.66. The predicted octanol–water partition coefficient (Wildman–Crippen LogP) is 6.24. The van der Waals surface area contributed by atoms with Gasteiger partial charge in [-0.15, -0.1) is 0 Å². The van der Waals surface area contributed by atoms with Crippen LogP contribution in [0.5, 0.6) is 0 Å². The molecule has 0 saturated carbocycles. The summed E-state index contributed by atoms with van der Waals surface area (Å²) in [6.45, 7) is 2.03. The van der Waals surface area contributed by atoms with E-state index in [2.05, 4.69) is 121 Å². The Balaban J connectivity index is 1.83. The van der Waals surface area contributed by atoms with Crippen LogP contribution >= 0.6 is 7.05 Å². The maximum Gasteiger partial charge on any atom is 0.180 e. The quantitative estimate of drug-likeness (QED) is 0.285. The SMILES string of the molecule is Cc1nc2c(N=P(c3ccccc3)(c3ccccc3)c3ccccc3)nc3ccccc3c2n1C. The number of nitrogens with zero attached hydrogens (tertiary/aromatic N) is 4. The summed E-state index contributed by atoms with van der Waals surface area (Å²) in [7, 11) is -0.386. The highest BCUT2D eigenvalue weighted by molar-refractivity contribution is 7.87. The zero-order valence-corrected chi connectivity index (χ0v) is 20.6. The lowest BCUT2D eigenvalue weighted by Crippen LogP contribution is -2.25. The van der Waals surface area contributed by atoms with Gasteiger partial charge in [0.15, 0.2) is 5.82 Å². The Morgan fingerprint density at radius 3 is 1.66 bits per heavy atom. The van der Waals surface area contributed by atoms with E-state index in [9.17, 15) is 0 Å². The number of aromatic nitrogens is 3. The second-order valence-corrected chi connectivity index (χ2v) is 11.6. The van der Waals surface area contributed by atoms with Crippen LogP contribution in [0.3, 0.4) is 0 Å². The first-order valence-corrected chi connectivity index (χ1v) is 13.4. The zero-order chi connectivity index (χ0) is 23.8. The van der Waals surface area contributed by atoms with Crippen LogP contribution in [0.2, 0.25) is 0 Å². The van der Waals surface area contributed by atoms with Gasteiger partial charge in [0, 0.05) is 28.3 Å². The lowest BCUT2D eigenvalue weighted by Gasteiger charge is -2.26. The molecule has 2 heterocycles. The van der Waals surface area contributed by atoms with Crippen molar-refractivity contribution in [1.82, 2.24) is 14.5 Å². The molecule has 0 saturated heterocycles. The number of pyridine rings is 1. The summed E-state index contributed by atoms with van der Waals surface area (Å²) < 4.78 is 7.80. The molecule has 0 radical (unpaired) electrons. The first kappa shape index (κ1) is 21.5. The number of benzene rings is 4. The largest absolute Gasteiger partial charge is 0.331 e. The van der Waals surface area contributed by atoms with Crippen molar-refractivity contribution in [2.24, 2.45) is 11.8 Å². The molecular formula is C30H25N4P. The molecule has 170 valence electrons. The summed E-state index contributed by atoms with van der Waals surface area (Å²) in [6.07, 6.45) is 0. The van der Waals surface area contributed by atoms with Crippen LogP contribution in [-0.4, -0.2) is 14.5 Å². The summed E-state index contributed by atoms with van der Waals surface area (Å²) in [5.74, 6) is 1.63. The molecule has 6 rings (SSSR count). The third-order valence-electron chi connectivity index (χ3n) is 6.55. The summed E-state index contributed by atoms with van der Waals surface area (Å²) in [5, 5.41) is 4.65. The maximum absolute atomic E-state index is 5.66. The Hall–Kier alpha value is -4.01. The molecule has 0 spiro atoms. The van der Waals surface area contributed by atoms with Crippen LogP contribution in [-0.2, 0) is 7.05 Å². The Bertz CT molecular complexity index is 1600. The third kappa shape index (κ3) is 3.50. The first-order valence-electron chi connectivity index (χ1n) is 11.7. The molecule has 0 amide bonds. The van der Waals surface area contributed by atoms with Crippen molar-refractivity contribution in [2.75, 3.05) is 0 Å². The molecule has 35 heavy (non-hydrogen) atoms. The van der Waals surface area contributed by atoms with Crippen molar-refractivity contribution < 1.29 is 0 Å². The highest BCUT2D eigenvalue weighted by Crippen LogP contribution is 2.50. The highest BCUT2D eigenvalue weighted by Gasteiger charge is 2.28. The van der Waals surface area contributed by atoms with Gasteiger partial charge in [-0.05, 0) is 13.0 Å². The van der Waals surface area contributed by atoms with Gasteiger partial charge in [-0.2, -0.15) is 0 Å². The van der Waals surface area contributed by atoms with Crippen molar-refractivity contribution in [3.05, 3.63) is 121 Å². The molecule has 5 heteroatoms. The van der Waals surface area contributed by atoms with Crippen LogP contribution in [0.25, 0.3) is 21.9 Å². The van der Waals surface area contributed by atoms with Gasteiger partial charge in [-0.3, -0.25) is 0 Å². The third-order valence-corrected chi connectivity index (χ3v) is 10.2. The molecule has 0 aliphatic rings. The molecule has 2 aromatic heterocycles. The standard InChI is InChI=1S/C30H25N4P/c1-22-31-28-29(34(22)2)26-20-12-13-21-27(26)32-30(28)33-35(23-14-6-3-7-15-23,24-16-8-4-9-17-24)25-18-10-5-11-19-25/h3-21H,1-2H3. The van der Waals surface area contributed by atoms with Crippen molar-refractivity contribution in [3.63, 3.8) is 0 Å². The molecule has 0 aliphatic heterocycles. The van der Waals surface area contributed by atoms with E-state index in [4.69, 9.17) is 14.7 Å². The van der Waals surface area contributed by atoms with E-state index >= 15 is 0 Å². The minimum Gasteiger partial charge on any atom is -0.331 e. The van der Waals surface area contributed by atoms with Gasteiger partial charge >= 0.3 is 0 Å². The fourth-order valence-corrected chi connectivity index (χ4v) is 8.25. The second kappa shape index (κ2) is 8.65. The van der Waals surface area contributed by atoms with Crippen molar-refractivity contribution in [3.8, 4) is 0 Å². The molecule has 0 fully saturated rings. The molecule has 0 unspecified atom stereocenters. The van der Waals surface area contributed by atoms with Crippen LogP contribution in [0.15, 0.2) is 120 Å². The van der Waals surface area contributed by atoms with Crippen molar-refractivity contribution >= 4 is 50.7 Å². The number of fused-ring (bicyclic) bond motifs is 3. The lowest BCUT2D eigenvalue weighted by molar-refractivity contribution is 0.888. The summed E-state index contributed by atoms with van der Waals surface area (Å²) in [5.41, 5.74) is 2.84. The van der Waals surface area contributed by atoms with Gasteiger partial charge in [-0.25, -0.2) is 14.7 Å². The van der Waals surface area contributed by atoms with Crippen molar-refractivity contribution in [1.29, 1.82) is 0 Å². The monoisotopic (exact) mass is 472 g/mol.